The molecule has 0 atom stereocenters. The van der Waals surface area contributed by atoms with E-state index in [1.807, 2.05) is 11.3 Å². The van der Waals surface area contributed by atoms with E-state index in [4.69, 9.17) is 0 Å². The molecule has 0 radical (unpaired) electrons. The summed E-state index contributed by atoms with van der Waals surface area (Å²) in [7, 11) is 0. The summed E-state index contributed by atoms with van der Waals surface area (Å²) in [6.07, 6.45) is 4.09. The Hall–Kier alpha value is 0.0100. The van der Waals surface area contributed by atoms with Gasteiger partial charge in [-0.05, 0) is 36.1 Å². The van der Waals surface area contributed by atoms with Gasteiger partial charge in [0, 0.05) is 23.7 Å². The lowest BCUT2D eigenvalue weighted by Crippen LogP contribution is -2.16. The zero-order valence-electron chi connectivity index (χ0n) is 10.4. The number of thiophene rings is 1. The second kappa shape index (κ2) is 9.08. The first-order valence-corrected chi connectivity index (χ1v) is 8.19. The number of hydrogen-bond acceptors (Lipinski definition) is 3. The molecule has 0 aliphatic carbocycles. The zero-order chi connectivity index (χ0) is 11.6. The van der Waals surface area contributed by atoms with Gasteiger partial charge in [-0.1, -0.05) is 19.8 Å². The Morgan fingerprint density at radius 2 is 2.19 bits per heavy atom. The van der Waals surface area contributed by atoms with E-state index in [-0.39, 0.29) is 0 Å². The smallest absolute Gasteiger partial charge is 0.0302 e. The fourth-order valence-corrected chi connectivity index (χ4v) is 3.26. The Labute approximate surface area is 108 Å². The van der Waals surface area contributed by atoms with E-state index >= 15 is 0 Å². The van der Waals surface area contributed by atoms with Gasteiger partial charge in [0.1, 0.15) is 0 Å². The van der Waals surface area contributed by atoms with E-state index in [1.54, 1.807) is 0 Å². The molecule has 0 fully saturated rings. The van der Waals surface area contributed by atoms with E-state index in [1.165, 1.54) is 41.2 Å². The summed E-state index contributed by atoms with van der Waals surface area (Å²) in [5, 5.41) is 5.68. The third-order valence-corrected chi connectivity index (χ3v) is 4.66. The Kier molecular flexibility index (Phi) is 7.99. The van der Waals surface area contributed by atoms with E-state index in [0.29, 0.717) is 0 Å². The lowest BCUT2D eigenvalue weighted by molar-refractivity contribution is 0.736. The van der Waals surface area contributed by atoms with Crippen molar-refractivity contribution < 1.29 is 0 Å². The first-order valence-electron chi connectivity index (χ1n) is 6.16. The molecule has 0 bridgehead atoms. The Morgan fingerprint density at radius 1 is 1.31 bits per heavy atom. The van der Waals surface area contributed by atoms with Gasteiger partial charge in [0.25, 0.3) is 0 Å². The van der Waals surface area contributed by atoms with Gasteiger partial charge in [-0.3, -0.25) is 0 Å². The summed E-state index contributed by atoms with van der Waals surface area (Å²) < 4.78 is 0. The summed E-state index contributed by atoms with van der Waals surface area (Å²) in [5.74, 6) is 2.57. The molecule has 1 N–H and O–H groups in total. The highest BCUT2D eigenvalue weighted by Crippen LogP contribution is 2.14. The van der Waals surface area contributed by atoms with Crippen LogP contribution >= 0.6 is 23.1 Å². The van der Waals surface area contributed by atoms with Crippen LogP contribution in [0.25, 0.3) is 0 Å². The summed E-state index contributed by atoms with van der Waals surface area (Å²) in [6, 6.07) is 2.20. The minimum atomic E-state index is 1.04. The van der Waals surface area contributed by atoms with Crippen LogP contribution in [0.3, 0.4) is 0 Å². The summed E-state index contributed by atoms with van der Waals surface area (Å²) >= 11 is 3.93. The molecule has 1 rings (SSSR count). The van der Waals surface area contributed by atoms with Crippen LogP contribution in [-0.4, -0.2) is 18.1 Å². The normalized spacial score (nSPS) is 10.9. The van der Waals surface area contributed by atoms with Gasteiger partial charge in [-0.15, -0.1) is 11.3 Å². The monoisotopic (exact) mass is 257 g/mol. The molecule has 1 nitrogen and oxygen atoms in total. The van der Waals surface area contributed by atoms with Crippen LogP contribution in [0.1, 0.15) is 36.6 Å². The van der Waals surface area contributed by atoms with Gasteiger partial charge in [0.2, 0.25) is 0 Å². The number of hydrogen-bond donors (Lipinski definition) is 1. The van der Waals surface area contributed by atoms with Crippen molar-refractivity contribution in [3.05, 3.63) is 21.9 Å². The van der Waals surface area contributed by atoms with Crippen LogP contribution in [-0.2, 0) is 6.54 Å². The van der Waals surface area contributed by atoms with Gasteiger partial charge in [-0.2, -0.15) is 11.8 Å². The fourth-order valence-electron chi connectivity index (χ4n) is 1.49. The lowest BCUT2D eigenvalue weighted by Gasteiger charge is -2.04. The van der Waals surface area contributed by atoms with Gasteiger partial charge >= 0.3 is 0 Å². The molecule has 0 saturated carbocycles. The zero-order valence-corrected chi connectivity index (χ0v) is 12.1. The molecular weight excluding hydrogens is 234 g/mol. The van der Waals surface area contributed by atoms with Crippen LogP contribution in [0.2, 0.25) is 0 Å². The van der Waals surface area contributed by atoms with Gasteiger partial charge in [-0.25, -0.2) is 0 Å². The first kappa shape index (κ1) is 14.1. The summed E-state index contributed by atoms with van der Waals surface area (Å²) in [6.45, 7) is 6.62. The largest absolute Gasteiger partial charge is 0.311 e. The minimum absolute atomic E-state index is 1.04. The van der Waals surface area contributed by atoms with Crippen LogP contribution < -0.4 is 5.32 Å². The second-order valence-corrected chi connectivity index (χ2v) is 6.25. The number of unbranched alkanes of at least 4 members (excludes halogenated alkanes) is 2. The van der Waals surface area contributed by atoms with Gasteiger partial charge in [0.15, 0.2) is 0 Å². The molecule has 92 valence electrons. The van der Waals surface area contributed by atoms with Crippen LogP contribution in [0.15, 0.2) is 11.4 Å². The molecular formula is C13H23NS2. The van der Waals surface area contributed by atoms with Crippen LogP contribution in [0, 0.1) is 6.92 Å². The topological polar surface area (TPSA) is 12.0 Å². The van der Waals surface area contributed by atoms with Crippen molar-refractivity contribution in [3.8, 4) is 0 Å². The molecule has 1 heterocycles. The highest BCUT2D eigenvalue weighted by atomic mass is 32.2. The molecule has 1 aromatic rings. The summed E-state index contributed by atoms with van der Waals surface area (Å²) in [5.41, 5.74) is 1.42. The Balaban J connectivity index is 1.91. The third kappa shape index (κ3) is 5.92. The van der Waals surface area contributed by atoms with E-state index < -0.39 is 0 Å². The molecule has 0 spiro atoms. The molecule has 0 amide bonds. The predicted molar refractivity (Wildman–Crippen MR) is 77.6 cm³/mol. The Bertz CT molecular complexity index is 271. The minimum Gasteiger partial charge on any atom is -0.311 e. The maximum atomic E-state index is 3.51. The molecule has 16 heavy (non-hydrogen) atoms. The van der Waals surface area contributed by atoms with Gasteiger partial charge < -0.3 is 5.32 Å². The molecule has 0 saturated heterocycles. The predicted octanol–water partition coefficient (Wildman–Crippen LogP) is 4.07. The second-order valence-electron chi connectivity index (χ2n) is 4.02. The number of nitrogens with one attached hydrogen (secondary N) is 1. The highest BCUT2D eigenvalue weighted by molar-refractivity contribution is 7.99. The number of thioether (sulfide) groups is 1. The average molecular weight is 257 g/mol. The van der Waals surface area contributed by atoms with Crippen LogP contribution in [0.4, 0.5) is 0 Å². The van der Waals surface area contributed by atoms with E-state index in [9.17, 15) is 0 Å². The highest BCUT2D eigenvalue weighted by Gasteiger charge is 1.98. The first-order chi connectivity index (χ1) is 7.84. The van der Waals surface area contributed by atoms with Crippen molar-refractivity contribution in [2.24, 2.45) is 0 Å². The van der Waals surface area contributed by atoms with Crippen molar-refractivity contribution in [2.75, 3.05) is 18.1 Å². The van der Waals surface area contributed by atoms with E-state index in [2.05, 4.69) is 42.4 Å². The maximum Gasteiger partial charge on any atom is 0.0302 e. The van der Waals surface area contributed by atoms with Crippen molar-refractivity contribution >= 4 is 23.1 Å². The standard InChI is InChI=1S/C13H23NS2/c1-3-4-5-8-15-10-7-14-11-13-12(2)6-9-16-13/h6,9,14H,3-5,7-8,10-11H2,1-2H3. The fraction of sp³-hybridized carbons (Fsp3) is 0.692. The maximum absolute atomic E-state index is 3.51. The van der Waals surface area contributed by atoms with Crippen molar-refractivity contribution in [3.63, 3.8) is 0 Å². The quantitative estimate of drug-likeness (QED) is 0.669. The molecule has 0 aliphatic rings. The summed E-state index contributed by atoms with van der Waals surface area (Å²) in [4.78, 5) is 1.48. The third-order valence-electron chi connectivity index (χ3n) is 2.57. The van der Waals surface area contributed by atoms with Crippen LogP contribution in [0.5, 0.6) is 0 Å². The molecule has 3 heteroatoms. The molecule has 1 aromatic heterocycles. The van der Waals surface area contributed by atoms with E-state index in [0.717, 1.165) is 13.1 Å². The Morgan fingerprint density at radius 3 is 2.88 bits per heavy atom. The van der Waals surface area contributed by atoms with Crippen molar-refractivity contribution in [2.45, 2.75) is 39.7 Å². The lowest BCUT2D eigenvalue weighted by atomic mass is 10.3. The molecule has 0 aromatic carbocycles. The number of rotatable bonds is 9. The van der Waals surface area contributed by atoms with Crippen molar-refractivity contribution in [1.29, 1.82) is 0 Å². The average Bonchev–Trinajstić information content (AvgIpc) is 2.68. The molecule has 0 unspecified atom stereocenters. The molecule has 0 aliphatic heterocycles. The number of aryl methyl sites for hydroxylation is 1. The van der Waals surface area contributed by atoms with Crippen molar-refractivity contribution in [1.82, 2.24) is 5.32 Å². The van der Waals surface area contributed by atoms with Gasteiger partial charge in [0.05, 0.1) is 0 Å². The SMILES string of the molecule is CCCCCSCCNCc1sccc1C.